The lowest BCUT2D eigenvalue weighted by molar-refractivity contribution is -0.119. The van der Waals surface area contributed by atoms with E-state index in [0.717, 1.165) is 46.9 Å². The van der Waals surface area contributed by atoms with E-state index in [4.69, 9.17) is 4.98 Å². The molecule has 0 spiro atoms. The number of benzene rings is 2. The number of hydrogen-bond acceptors (Lipinski definition) is 5. The predicted molar refractivity (Wildman–Crippen MR) is 131 cm³/mol. The molecule has 2 N–H and O–H groups in total. The Hall–Kier alpha value is -4.27. The lowest BCUT2D eigenvalue weighted by atomic mass is 10.0. The summed E-state index contributed by atoms with van der Waals surface area (Å²) in [6.07, 6.45) is 4.77. The zero-order chi connectivity index (χ0) is 24.1. The van der Waals surface area contributed by atoms with Crippen molar-refractivity contribution in [2.24, 2.45) is 0 Å². The second kappa shape index (κ2) is 8.19. The minimum Gasteiger partial charge on any atom is -0.352 e. The molecule has 8 nitrogen and oxygen atoms in total. The Morgan fingerprint density at radius 1 is 1.17 bits per heavy atom. The number of hydrogen-bond donors (Lipinski definition) is 2. The van der Waals surface area contributed by atoms with E-state index in [0.29, 0.717) is 24.3 Å². The number of fused-ring (bicyclic) bond motifs is 2. The summed E-state index contributed by atoms with van der Waals surface area (Å²) in [5.74, 6) is 0.343. The van der Waals surface area contributed by atoms with Crippen molar-refractivity contribution in [2.45, 2.75) is 25.8 Å². The first-order valence-electron chi connectivity index (χ1n) is 11.5. The molecule has 1 fully saturated rings. The molecule has 0 unspecified atom stereocenters. The molecule has 2 aliphatic rings. The highest BCUT2D eigenvalue weighted by molar-refractivity contribution is 6.00. The number of carbonyl (C=O) groups is 2. The van der Waals surface area contributed by atoms with E-state index >= 15 is 0 Å². The van der Waals surface area contributed by atoms with Crippen LogP contribution in [0.25, 0.3) is 28.2 Å². The van der Waals surface area contributed by atoms with Gasteiger partial charge in [0, 0.05) is 55.3 Å². The first-order valence-corrected chi connectivity index (χ1v) is 11.5. The molecule has 2 aromatic carbocycles. The second-order valence-electron chi connectivity index (χ2n) is 8.99. The van der Waals surface area contributed by atoms with Crippen molar-refractivity contribution < 1.29 is 14.0 Å². The molecular weight excluding hydrogens is 447 g/mol. The van der Waals surface area contributed by atoms with E-state index in [1.54, 1.807) is 18.3 Å². The first-order chi connectivity index (χ1) is 17.0. The van der Waals surface area contributed by atoms with E-state index in [2.05, 4.69) is 20.5 Å². The third kappa shape index (κ3) is 3.78. The third-order valence-corrected chi connectivity index (χ3v) is 6.54. The Bertz CT molecular complexity index is 1480. The van der Waals surface area contributed by atoms with Crippen LogP contribution in [0.15, 0.2) is 54.9 Å². The second-order valence-corrected chi connectivity index (χ2v) is 8.99. The van der Waals surface area contributed by atoms with E-state index < -0.39 is 0 Å². The van der Waals surface area contributed by atoms with E-state index in [1.807, 2.05) is 28.8 Å². The SMILES string of the molecule is CC(=O)N[C@H]1CCN(c2nccn3c(-c4ccc5c(c4)CC(=O)N5)c(-c4ccc(F)cc4)nc23)C1. The Balaban J connectivity index is 1.51. The molecule has 0 radical (unpaired) electrons. The number of carbonyl (C=O) groups excluding carboxylic acids is 2. The van der Waals surface area contributed by atoms with Crippen LogP contribution in [0.5, 0.6) is 0 Å². The number of aromatic nitrogens is 3. The lowest BCUT2D eigenvalue weighted by Gasteiger charge is -2.18. The minimum absolute atomic E-state index is 0.0247. The molecule has 0 saturated carbocycles. The standard InChI is InChI=1S/C26H23FN6O2/c1-15(34)29-20-8-10-32(14-20)25-26-31-23(16-2-5-19(27)6-3-16)24(33(26)11-9-28-25)17-4-7-21-18(12-17)13-22(35)30-21/h2-7,9,11-12,20H,8,10,13-14H2,1H3,(H,29,34)(H,30,35)/t20-/m0/s1. The average molecular weight is 471 g/mol. The van der Waals surface area contributed by atoms with Gasteiger partial charge in [0.1, 0.15) is 5.82 Å². The van der Waals surface area contributed by atoms with Crippen molar-refractivity contribution in [1.29, 1.82) is 0 Å². The maximum atomic E-state index is 13.7. The van der Waals surface area contributed by atoms with Gasteiger partial charge in [-0.2, -0.15) is 0 Å². The van der Waals surface area contributed by atoms with Gasteiger partial charge in [-0.25, -0.2) is 14.4 Å². The predicted octanol–water partition coefficient (Wildman–Crippen LogP) is 3.41. The van der Waals surface area contributed by atoms with Crippen LogP contribution in [-0.4, -0.2) is 45.3 Å². The van der Waals surface area contributed by atoms with Crippen LogP contribution in [0.4, 0.5) is 15.9 Å². The number of nitrogens with zero attached hydrogens (tertiary/aromatic N) is 4. The lowest BCUT2D eigenvalue weighted by Crippen LogP contribution is -2.35. The summed E-state index contributed by atoms with van der Waals surface area (Å²) in [5.41, 5.74) is 5.66. The van der Waals surface area contributed by atoms with Gasteiger partial charge in [0.25, 0.3) is 0 Å². The Morgan fingerprint density at radius 2 is 1.97 bits per heavy atom. The molecule has 1 saturated heterocycles. The van der Waals surface area contributed by atoms with Crippen molar-refractivity contribution in [3.05, 3.63) is 66.2 Å². The Morgan fingerprint density at radius 3 is 2.77 bits per heavy atom. The molecule has 4 heterocycles. The van der Waals surface area contributed by atoms with Crippen LogP contribution in [-0.2, 0) is 16.0 Å². The average Bonchev–Trinajstić information content (AvgIpc) is 3.54. The van der Waals surface area contributed by atoms with Gasteiger partial charge < -0.3 is 15.5 Å². The normalized spacial score (nSPS) is 17.0. The van der Waals surface area contributed by atoms with E-state index in [1.165, 1.54) is 19.1 Å². The fraction of sp³-hybridized carbons (Fsp3) is 0.231. The molecule has 1 atom stereocenters. The van der Waals surface area contributed by atoms with E-state index in [9.17, 15) is 14.0 Å². The van der Waals surface area contributed by atoms with Crippen LogP contribution < -0.4 is 15.5 Å². The zero-order valence-electron chi connectivity index (χ0n) is 19.1. The quantitative estimate of drug-likeness (QED) is 0.477. The van der Waals surface area contributed by atoms with Crippen molar-refractivity contribution in [3.8, 4) is 22.5 Å². The summed E-state index contributed by atoms with van der Waals surface area (Å²) < 4.78 is 15.7. The van der Waals surface area contributed by atoms with Gasteiger partial charge in [-0.15, -0.1) is 0 Å². The fourth-order valence-corrected chi connectivity index (χ4v) is 5.01. The van der Waals surface area contributed by atoms with Gasteiger partial charge in [-0.1, -0.05) is 6.07 Å². The summed E-state index contributed by atoms with van der Waals surface area (Å²) in [6, 6.07) is 12.2. The highest BCUT2D eigenvalue weighted by atomic mass is 19.1. The van der Waals surface area contributed by atoms with Crippen molar-refractivity contribution in [3.63, 3.8) is 0 Å². The van der Waals surface area contributed by atoms with E-state index in [-0.39, 0.29) is 23.7 Å². The van der Waals surface area contributed by atoms with Gasteiger partial charge in [0.2, 0.25) is 11.8 Å². The van der Waals surface area contributed by atoms with Gasteiger partial charge in [0.15, 0.2) is 11.5 Å². The number of nitrogens with one attached hydrogen (secondary N) is 2. The number of anilines is 2. The summed E-state index contributed by atoms with van der Waals surface area (Å²) in [5, 5.41) is 5.86. The third-order valence-electron chi connectivity index (χ3n) is 6.54. The smallest absolute Gasteiger partial charge is 0.228 e. The molecule has 2 amide bonds. The molecule has 2 aliphatic heterocycles. The number of rotatable bonds is 4. The van der Waals surface area contributed by atoms with Gasteiger partial charge in [-0.3, -0.25) is 14.0 Å². The summed E-state index contributed by atoms with van der Waals surface area (Å²) in [4.78, 5) is 35.2. The number of imidazole rings is 1. The summed E-state index contributed by atoms with van der Waals surface area (Å²) in [7, 11) is 0. The van der Waals surface area contributed by atoms with Crippen LogP contribution in [0.1, 0.15) is 18.9 Å². The van der Waals surface area contributed by atoms with Crippen molar-refractivity contribution in [1.82, 2.24) is 19.7 Å². The minimum atomic E-state index is -0.315. The highest BCUT2D eigenvalue weighted by Gasteiger charge is 2.28. The summed E-state index contributed by atoms with van der Waals surface area (Å²) in [6.45, 7) is 2.92. The van der Waals surface area contributed by atoms with Crippen LogP contribution in [0, 0.1) is 5.82 Å². The molecular formula is C26H23FN6O2. The topological polar surface area (TPSA) is 91.6 Å². The molecule has 176 valence electrons. The van der Waals surface area contributed by atoms with Crippen molar-refractivity contribution in [2.75, 3.05) is 23.3 Å². The highest BCUT2D eigenvalue weighted by Crippen LogP contribution is 2.37. The van der Waals surface area contributed by atoms with Crippen molar-refractivity contribution >= 4 is 29.0 Å². The molecule has 2 aromatic heterocycles. The summed E-state index contributed by atoms with van der Waals surface area (Å²) >= 11 is 0. The largest absolute Gasteiger partial charge is 0.352 e. The Kier molecular flexibility index (Phi) is 4.98. The Labute approximate surface area is 200 Å². The number of amides is 2. The van der Waals surface area contributed by atoms with Crippen LogP contribution in [0.3, 0.4) is 0 Å². The molecule has 9 heteroatoms. The molecule has 0 aliphatic carbocycles. The maximum absolute atomic E-state index is 13.7. The van der Waals surface area contributed by atoms with Gasteiger partial charge >= 0.3 is 0 Å². The van der Waals surface area contributed by atoms with Crippen LogP contribution in [0.2, 0.25) is 0 Å². The zero-order valence-corrected chi connectivity index (χ0v) is 19.1. The molecule has 35 heavy (non-hydrogen) atoms. The molecule has 6 rings (SSSR count). The van der Waals surface area contributed by atoms with Crippen LogP contribution >= 0.6 is 0 Å². The molecule has 4 aromatic rings. The molecule has 0 bridgehead atoms. The first kappa shape index (κ1) is 21.3. The van der Waals surface area contributed by atoms with Gasteiger partial charge in [0.05, 0.1) is 17.8 Å². The van der Waals surface area contributed by atoms with Gasteiger partial charge in [-0.05, 0) is 48.4 Å². The maximum Gasteiger partial charge on any atom is 0.228 e. The number of halogens is 1. The fourth-order valence-electron chi connectivity index (χ4n) is 5.01. The monoisotopic (exact) mass is 470 g/mol.